The molecule has 1 N–H and O–H groups in total. The van der Waals surface area contributed by atoms with Crippen molar-refractivity contribution in [1.82, 2.24) is 20.3 Å². The van der Waals surface area contributed by atoms with Gasteiger partial charge < -0.3 is 4.52 Å². The molecule has 6 heteroatoms. The summed E-state index contributed by atoms with van der Waals surface area (Å²) in [5.74, 6) is 0.975. The van der Waals surface area contributed by atoms with Crippen LogP contribution in [0.15, 0.2) is 63.6 Å². The van der Waals surface area contributed by atoms with Gasteiger partial charge in [-0.2, -0.15) is 10.1 Å². The molecule has 2 heterocycles. The molecule has 0 amide bonds. The Morgan fingerprint density at radius 1 is 1.00 bits per heavy atom. The van der Waals surface area contributed by atoms with Crippen molar-refractivity contribution in [2.45, 2.75) is 6.92 Å². The number of H-pyrrole nitrogens is 1. The quantitative estimate of drug-likeness (QED) is 0.550. The molecule has 0 bridgehead atoms. The lowest BCUT2D eigenvalue weighted by atomic mass is 10.1. The molecule has 0 saturated carbocycles. The number of nitrogens with one attached hydrogen (secondary N) is 1. The average molecular weight is 381 g/mol. The van der Waals surface area contributed by atoms with Gasteiger partial charge in [-0.1, -0.05) is 63.0 Å². The molecular weight excluding hydrogens is 368 g/mol. The van der Waals surface area contributed by atoms with Crippen LogP contribution in [0.3, 0.4) is 0 Å². The van der Waals surface area contributed by atoms with E-state index in [1.54, 1.807) is 0 Å². The molecule has 0 radical (unpaired) electrons. The number of halogens is 1. The molecular formula is C18H13BrN4O. The van der Waals surface area contributed by atoms with E-state index in [1.807, 2.05) is 61.5 Å². The van der Waals surface area contributed by atoms with Gasteiger partial charge in [-0.3, -0.25) is 5.10 Å². The van der Waals surface area contributed by atoms with E-state index in [-0.39, 0.29) is 0 Å². The zero-order valence-electron chi connectivity index (χ0n) is 12.8. The fourth-order valence-electron chi connectivity index (χ4n) is 2.38. The molecule has 2 aromatic carbocycles. The van der Waals surface area contributed by atoms with Gasteiger partial charge >= 0.3 is 0 Å². The third kappa shape index (κ3) is 2.88. The SMILES string of the molecule is Cc1ccc(-c2noc(-c3cc(-c4cccc(Br)c4)n[nH]3)n2)cc1. The van der Waals surface area contributed by atoms with E-state index in [1.165, 1.54) is 5.56 Å². The summed E-state index contributed by atoms with van der Waals surface area (Å²) in [7, 11) is 0. The largest absolute Gasteiger partial charge is 0.332 e. The lowest BCUT2D eigenvalue weighted by molar-refractivity contribution is 0.431. The number of aromatic amines is 1. The van der Waals surface area contributed by atoms with Crippen LogP contribution in [0.5, 0.6) is 0 Å². The first-order chi connectivity index (χ1) is 11.7. The van der Waals surface area contributed by atoms with Gasteiger partial charge in [0.05, 0.1) is 5.69 Å². The third-order valence-corrected chi connectivity index (χ3v) is 4.16. The minimum Gasteiger partial charge on any atom is -0.332 e. The van der Waals surface area contributed by atoms with Gasteiger partial charge in [0.25, 0.3) is 5.89 Å². The van der Waals surface area contributed by atoms with E-state index in [0.29, 0.717) is 17.4 Å². The lowest BCUT2D eigenvalue weighted by Crippen LogP contribution is -1.81. The molecule has 0 saturated heterocycles. The summed E-state index contributed by atoms with van der Waals surface area (Å²) >= 11 is 3.47. The van der Waals surface area contributed by atoms with Crippen molar-refractivity contribution in [3.8, 4) is 34.2 Å². The molecule has 118 valence electrons. The molecule has 0 unspecified atom stereocenters. The topological polar surface area (TPSA) is 67.6 Å². The zero-order chi connectivity index (χ0) is 16.5. The van der Waals surface area contributed by atoms with Crippen molar-refractivity contribution in [2.75, 3.05) is 0 Å². The summed E-state index contributed by atoms with van der Waals surface area (Å²) in [4.78, 5) is 4.45. The Bertz CT molecular complexity index is 988. The number of hydrogen-bond acceptors (Lipinski definition) is 4. The van der Waals surface area contributed by atoms with Gasteiger partial charge in [-0.15, -0.1) is 0 Å². The van der Waals surface area contributed by atoms with Crippen molar-refractivity contribution in [3.05, 3.63) is 64.6 Å². The smallest absolute Gasteiger partial charge is 0.276 e. The van der Waals surface area contributed by atoms with Crippen molar-refractivity contribution >= 4 is 15.9 Å². The Kier molecular flexibility index (Phi) is 3.74. The number of rotatable bonds is 3. The van der Waals surface area contributed by atoms with Gasteiger partial charge in [0.1, 0.15) is 5.69 Å². The monoisotopic (exact) mass is 380 g/mol. The van der Waals surface area contributed by atoms with Gasteiger partial charge in [-0.05, 0) is 25.1 Å². The van der Waals surface area contributed by atoms with E-state index < -0.39 is 0 Å². The lowest BCUT2D eigenvalue weighted by Gasteiger charge is -1.95. The molecule has 0 fully saturated rings. The Morgan fingerprint density at radius 3 is 2.62 bits per heavy atom. The van der Waals surface area contributed by atoms with E-state index in [9.17, 15) is 0 Å². The van der Waals surface area contributed by atoms with Crippen LogP contribution in [-0.4, -0.2) is 20.3 Å². The maximum Gasteiger partial charge on any atom is 0.276 e. The maximum atomic E-state index is 5.37. The number of nitrogens with zero attached hydrogens (tertiary/aromatic N) is 3. The fraction of sp³-hybridized carbons (Fsp3) is 0.0556. The second-order valence-corrected chi connectivity index (χ2v) is 6.38. The third-order valence-electron chi connectivity index (χ3n) is 3.66. The Labute approximate surface area is 146 Å². The second-order valence-electron chi connectivity index (χ2n) is 5.47. The minimum atomic E-state index is 0.416. The number of aryl methyl sites for hydroxylation is 1. The number of benzene rings is 2. The average Bonchev–Trinajstić information content (AvgIpc) is 3.25. The molecule has 0 atom stereocenters. The Morgan fingerprint density at radius 2 is 1.83 bits per heavy atom. The molecule has 4 rings (SSSR count). The highest BCUT2D eigenvalue weighted by molar-refractivity contribution is 9.10. The van der Waals surface area contributed by atoms with Crippen LogP contribution in [0, 0.1) is 6.92 Å². The summed E-state index contributed by atoms with van der Waals surface area (Å²) in [5.41, 5.74) is 4.62. The summed E-state index contributed by atoms with van der Waals surface area (Å²) < 4.78 is 6.37. The van der Waals surface area contributed by atoms with Crippen LogP contribution in [0.2, 0.25) is 0 Å². The maximum absolute atomic E-state index is 5.37. The highest BCUT2D eigenvalue weighted by Crippen LogP contribution is 2.26. The van der Waals surface area contributed by atoms with E-state index in [2.05, 4.69) is 36.3 Å². The Balaban J connectivity index is 1.65. The molecule has 0 aliphatic rings. The molecule has 0 aliphatic carbocycles. The summed E-state index contributed by atoms with van der Waals surface area (Å²) in [6.07, 6.45) is 0. The van der Waals surface area contributed by atoms with Crippen LogP contribution in [0.4, 0.5) is 0 Å². The summed E-state index contributed by atoms with van der Waals surface area (Å²) in [5, 5.41) is 11.3. The first-order valence-electron chi connectivity index (χ1n) is 7.41. The van der Waals surface area contributed by atoms with Crippen LogP contribution in [0.25, 0.3) is 34.2 Å². The molecule has 0 aliphatic heterocycles. The minimum absolute atomic E-state index is 0.416. The van der Waals surface area contributed by atoms with Crippen molar-refractivity contribution in [2.24, 2.45) is 0 Å². The summed E-state index contributed by atoms with van der Waals surface area (Å²) in [6, 6.07) is 17.8. The number of hydrogen-bond donors (Lipinski definition) is 1. The molecule has 4 aromatic rings. The van der Waals surface area contributed by atoms with E-state index >= 15 is 0 Å². The highest BCUT2D eigenvalue weighted by atomic mass is 79.9. The normalized spacial score (nSPS) is 10.9. The summed E-state index contributed by atoms with van der Waals surface area (Å²) in [6.45, 7) is 2.04. The molecule has 2 aromatic heterocycles. The van der Waals surface area contributed by atoms with Gasteiger partial charge in [0.15, 0.2) is 0 Å². The first kappa shape index (κ1) is 14.8. The highest BCUT2D eigenvalue weighted by Gasteiger charge is 2.14. The van der Waals surface area contributed by atoms with E-state index in [0.717, 1.165) is 21.3 Å². The van der Waals surface area contributed by atoms with E-state index in [4.69, 9.17) is 4.52 Å². The number of aromatic nitrogens is 4. The first-order valence-corrected chi connectivity index (χ1v) is 8.21. The van der Waals surface area contributed by atoms with Gasteiger partial charge in [-0.25, -0.2) is 0 Å². The molecule has 5 nitrogen and oxygen atoms in total. The fourth-order valence-corrected chi connectivity index (χ4v) is 2.78. The van der Waals surface area contributed by atoms with Crippen LogP contribution in [0.1, 0.15) is 5.56 Å². The van der Waals surface area contributed by atoms with Crippen LogP contribution < -0.4 is 0 Å². The van der Waals surface area contributed by atoms with Crippen molar-refractivity contribution in [3.63, 3.8) is 0 Å². The van der Waals surface area contributed by atoms with Crippen LogP contribution in [-0.2, 0) is 0 Å². The predicted octanol–water partition coefficient (Wildman–Crippen LogP) is 4.86. The van der Waals surface area contributed by atoms with Crippen molar-refractivity contribution in [1.29, 1.82) is 0 Å². The Hall–Kier alpha value is -2.73. The standard InChI is InChI=1S/C18H13BrN4O/c1-11-5-7-12(8-6-11)17-20-18(24-23-17)16-10-15(21-22-16)13-3-2-4-14(19)9-13/h2-10H,1H3,(H,21,22). The van der Waals surface area contributed by atoms with Crippen LogP contribution >= 0.6 is 15.9 Å². The predicted molar refractivity (Wildman–Crippen MR) is 95.2 cm³/mol. The molecule has 0 spiro atoms. The zero-order valence-corrected chi connectivity index (χ0v) is 14.4. The molecule has 24 heavy (non-hydrogen) atoms. The van der Waals surface area contributed by atoms with Gasteiger partial charge in [0.2, 0.25) is 5.82 Å². The second kappa shape index (κ2) is 6.05. The van der Waals surface area contributed by atoms with Gasteiger partial charge in [0, 0.05) is 15.6 Å². The van der Waals surface area contributed by atoms with Crippen molar-refractivity contribution < 1.29 is 4.52 Å².